The zero-order valence-electron chi connectivity index (χ0n) is 19.0. The molecule has 2 saturated carbocycles. The van der Waals surface area contributed by atoms with Crippen molar-refractivity contribution in [1.82, 2.24) is 0 Å². The highest BCUT2D eigenvalue weighted by molar-refractivity contribution is 5.31. The van der Waals surface area contributed by atoms with E-state index in [4.69, 9.17) is 9.47 Å². The average molecular weight is 407 g/mol. The summed E-state index contributed by atoms with van der Waals surface area (Å²) in [4.78, 5) is 0. The number of hydrogen-bond acceptors (Lipinski definition) is 2. The summed E-state index contributed by atoms with van der Waals surface area (Å²) in [5, 5.41) is 0. The predicted octanol–water partition coefficient (Wildman–Crippen LogP) is 7.41. The molecule has 2 aromatic rings. The Morgan fingerprint density at radius 2 is 1.17 bits per heavy atom. The molecule has 0 heterocycles. The zero-order valence-corrected chi connectivity index (χ0v) is 19.0. The summed E-state index contributed by atoms with van der Waals surface area (Å²) in [6, 6.07) is 18.2. The van der Waals surface area contributed by atoms with Gasteiger partial charge in [0.1, 0.15) is 5.75 Å². The van der Waals surface area contributed by atoms with Gasteiger partial charge in [0, 0.05) is 7.11 Å². The summed E-state index contributed by atoms with van der Waals surface area (Å²) >= 11 is 0. The minimum atomic E-state index is 0.316. The molecule has 0 aromatic heterocycles. The Bertz CT molecular complexity index is 771. The quantitative estimate of drug-likeness (QED) is 0.481. The van der Waals surface area contributed by atoms with E-state index < -0.39 is 0 Å². The molecule has 2 fully saturated rings. The average Bonchev–Trinajstić information content (AvgIpc) is 2.95. The van der Waals surface area contributed by atoms with Crippen molar-refractivity contribution in [2.24, 2.45) is 5.92 Å². The largest absolute Gasteiger partial charge is 0.490 e. The van der Waals surface area contributed by atoms with Gasteiger partial charge in [-0.2, -0.15) is 0 Å². The molecule has 2 aromatic carbocycles. The highest BCUT2D eigenvalue weighted by Gasteiger charge is 2.25. The summed E-state index contributed by atoms with van der Waals surface area (Å²) in [6.45, 7) is 4.49. The van der Waals surface area contributed by atoms with Gasteiger partial charge in [-0.3, -0.25) is 0 Å². The van der Waals surface area contributed by atoms with Gasteiger partial charge in [-0.15, -0.1) is 0 Å². The molecule has 0 saturated heterocycles. The third-order valence-electron chi connectivity index (χ3n) is 7.40. The van der Waals surface area contributed by atoms with Crippen molar-refractivity contribution in [1.29, 1.82) is 0 Å². The molecule has 4 rings (SSSR count). The second kappa shape index (κ2) is 10.0. The number of rotatable bonds is 5. The Labute approximate surface area is 183 Å². The van der Waals surface area contributed by atoms with Crippen LogP contribution in [0.3, 0.4) is 0 Å². The van der Waals surface area contributed by atoms with E-state index in [1.165, 1.54) is 42.4 Å². The summed E-state index contributed by atoms with van der Waals surface area (Å²) in [5.41, 5.74) is 4.36. The van der Waals surface area contributed by atoms with Gasteiger partial charge in [-0.05, 0) is 99.3 Å². The molecule has 0 radical (unpaired) electrons. The van der Waals surface area contributed by atoms with Crippen LogP contribution < -0.4 is 4.74 Å². The van der Waals surface area contributed by atoms with E-state index in [1.807, 2.05) is 7.11 Å². The topological polar surface area (TPSA) is 18.5 Å². The van der Waals surface area contributed by atoms with Crippen molar-refractivity contribution < 1.29 is 9.47 Å². The molecular formula is C28H38O2. The number of methoxy groups -OCH3 is 1. The number of ether oxygens (including phenoxy) is 2. The molecule has 2 nitrogen and oxygen atoms in total. The highest BCUT2D eigenvalue weighted by Crippen LogP contribution is 2.41. The zero-order chi connectivity index (χ0) is 20.9. The molecule has 0 aliphatic heterocycles. The minimum Gasteiger partial charge on any atom is -0.490 e. The summed E-state index contributed by atoms with van der Waals surface area (Å²) in [5.74, 6) is 3.12. The van der Waals surface area contributed by atoms with Crippen LogP contribution in [-0.4, -0.2) is 19.3 Å². The number of benzene rings is 2. The molecule has 3 unspecified atom stereocenters. The summed E-state index contributed by atoms with van der Waals surface area (Å²) in [7, 11) is 1.84. The number of hydrogen-bond donors (Lipinski definition) is 0. The Hall–Kier alpha value is -1.80. The first-order chi connectivity index (χ1) is 14.6. The van der Waals surface area contributed by atoms with Gasteiger partial charge in [0.05, 0.1) is 12.2 Å². The molecule has 30 heavy (non-hydrogen) atoms. The maximum absolute atomic E-state index is 6.37. The van der Waals surface area contributed by atoms with E-state index in [9.17, 15) is 0 Å². The van der Waals surface area contributed by atoms with E-state index in [-0.39, 0.29) is 0 Å². The maximum Gasteiger partial charge on any atom is 0.119 e. The van der Waals surface area contributed by atoms with Gasteiger partial charge < -0.3 is 9.47 Å². The van der Waals surface area contributed by atoms with Crippen LogP contribution in [0.2, 0.25) is 0 Å². The van der Waals surface area contributed by atoms with Crippen LogP contribution in [0.25, 0.3) is 0 Å². The fraction of sp³-hybridized carbons (Fsp3) is 0.571. The van der Waals surface area contributed by atoms with Crippen LogP contribution in [0.1, 0.15) is 86.8 Å². The molecular weight excluding hydrogens is 368 g/mol. The van der Waals surface area contributed by atoms with E-state index >= 15 is 0 Å². The van der Waals surface area contributed by atoms with Crippen LogP contribution in [0.5, 0.6) is 5.75 Å². The second-order valence-electron chi connectivity index (χ2n) is 9.78. The van der Waals surface area contributed by atoms with Gasteiger partial charge >= 0.3 is 0 Å². The lowest BCUT2D eigenvalue weighted by Crippen LogP contribution is -2.18. The van der Waals surface area contributed by atoms with Crippen molar-refractivity contribution in [3.05, 3.63) is 65.2 Å². The molecule has 2 aliphatic rings. The molecule has 0 amide bonds. The molecule has 3 atom stereocenters. The molecule has 2 aliphatic carbocycles. The predicted molar refractivity (Wildman–Crippen MR) is 124 cm³/mol. The Morgan fingerprint density at radius 3 is 1.73 bits per heavy atom. The normalized spacial score (nSPS) is 29.9. The lowest BCUT2D eigenvalue weighted by Gasteiger charge is -2.29. The molecule has 0 spiro atoms. The van der Waals surface area contributed by atoms with Gasteiger partial charge in [-0.1, -0.05) is 48.9 Å². The third kappa shape index (κ3) is 5.46. The first-order valence-corrected chi connectivity index (χ1v) is 12.0. The third-order valence-corrected chi connectivity index (χ3v) is 7.40. The van der Waals surface area contributed by atoms with Gasteiger partial charge in [0.15, 0.2) is 0 Å². The monoisotopic (exact) mass is 406 g/mol. The van der Waals surface area contributed by atoms with Crippen LogP contribution in [0, 0.1) is 12.8 Å². The van der Waals surface area contributed by atoms with Crippen molar-refractivity contribution in [3.63, 3.8) is 0 Å². The fourth-order valence-electron chi connectivity index (χ4n) is 5.53. The highest BCUT2D eigenvalue weighted by atomic mass is 16.5. The maximum atomic E-state index is 6.37. The molecule has 162 valence electrons. The van der Waals surface area contributed by atoms with Crippen LogP contribution in [0.15, 0.2) is 48.5 Å². The Balaban J connectivity index is 1.30. The van der Waals surface area contributed by atoms with Crippen molar-refractivity contribution in [2.75, 3.05) is 7.11 Å². The van der Waals surface area contributed by atoms with Gasteiger partial charge in [0.25, 0.3) is 0 Å². The van der Waals surface area contributed by atoms with E-state index in [2.05, 4.69) is 62.4 Å². The van der Waals surface area contributed by atoms with Crippen LogP contribution in [0.4, 0.5) is 0 Å². The lowest BCUT2D eigenvalue weighted by atomic mass is 9.76. The summed E-state index contributed by atoms with van der Waals surface area (Å²) in [6.07, 6.45) is 10.4. The molecule has 2 heteroatoms. The second-order valence-corrected chi connectivity index (χ2v) is 9.78. The van der Waals surface area contributed by atoms with Gasteiger partial charge in [0.2, 0.25) is 0 Å². The minimum absolute atomic E-state index is 0.316. The standard InChI is InChI=1S/C28H38O2/c1-20-4-6-22(7-5-20)23-8-10-24(11-9-23)25-12-14-26(15-13-25)30-28-17-16-27(29-3)18-21(2)19-28/h4-7,12-15,21,23-24,27-28H,8-11,16-19H2,1-3H3. The van der Waals surface area contributed by atoms with E-state index in [0.29, 0.717) is 24.0 Å². The first kappa shape index (κ1) is 21.4. The summed E-state index contributed by atoms with van der Waals surface area (Å²) < 4.78 is 12.0. The van der Waals surface area contributed by atoms with Crippen molar-refractivity contribution in [3.8, 4) is 5.75 Å². The molecule has 0 N–H and O–H groups in total. The number of aryl methyl sites for hydroxylation is 1. The van der Waals surface area contributed by atoms with Crippen molar-refractivity contribution in [2.45, 2.75) is 89.3 Å². The van der Waals surface area contributed by atoms with Crippen molar-refractivity contribution >= 4 is 0 Å². The van der Waals surface area contributed by atoms with E-state index in [0.717, 1.165) is 37.4 Å². The smallest absolute Gasteiger partial charge is 0.119 e. The fourth-order valence-corrected chi connectivity index (χ4v) is 5.53. The van der Waals surface area contributed by atoms with Crippen LogP contribution >= 0.6 is 0 Å². The van der Waals surface area contributed by atoms with Gasteiger partial charge in [-0.25, -0.2) is 0 Å². The lowest BCUT2D eigenvalue weighted by molar-refractivity contribution is 0.0797. The molecule has 0 bridgehead atoms. The van der Waals surface area contributed by atoms with Crippen LogP contribution in [-0.2, 0) is 4.74 Å². The Morgan fingerprint density at radius 1 is 0.667 bits per heavy atom. The SMILES string of the molecule is COC1CCC(Oc2ccc(C3CCC(c4ccc(C)cc4)CC3)cc2)CC(C)C1. The Kier molecular flexibility index (Phi) is 7.15. The van der Waals surface area contributed by atoms with E-state index in [1.54, 1.807) is 0 Å². The first-order valence-electron chi connectivity index (χ1n) is 12.0.